The molecule has 104 valence electrons. The maximum absolute atomic E-state index is 11.9. The van der Waals surface area contributed by atoms with Crippen molar-refractivity contribution in [2.45, 2.75) is 26.3 Å². The number of carbonyl (C=O) groups excluding carboxylic acids is 1. The molecular weight excluding hydrogens is 240 g/mol. The van der Waals surface area contributed by atoms with Crippen LogP contribution in [0.2, 0.25) is 0 Å². The van der Waals surface area contributed by atoms with Gasteiger partial charge in [0.1, 0.15) is 5.75 Å². The van der Waals surface area contributed by atoms with Crippen molar-refractivity contribution in [2.75, 3.05) is 19.7 Å². The Balaban J connectivity index is 1.77. The van der Waals surface area contributed by atoms with Crippen LogP contribution in [-0.4, -0.2) is 25.6 Å². The Kier molecular flexibility index (Phi) is 5.21. The summed E-state index contributed by atoms with van der Waals surface area (Å²) in [6, 6.07) is 7.90. The lowest BCUT2D eigenvalue weighted by atomic mass is 10.1. The highest BCUT2D eigenvalue weighted by Gasteiger charge is 2.21. The number of nitrogens with one attached hydrogen (secondary N) is 2. The van der Waals surface area contributed by atoms with Crippen LogP contribution in [0.4, 0.5) is 0 Å². The number of hydrogen-bond donors (Lipinski definition) is 2. The van der Waals surface area contributed by atoms with Gasteiger partial charge in [-0.3, -0.25) is 4.79 Å². The third-order valence-corrected chi connectivity index (χ3v) is 3.29. The molecule has 1 aliphatic rings. The van der Waals surface area contributed by atoms with Gasteiger partial charge in [0, 0.05) is 13.1 Å². The lowest BCUT2D eigenvalue weighted by Crippen LogP contribution is -2.31. The van der Waals surface area contributed by atoms with Gasteiger partial charge in [-0.15, -0.1) is 0 Å². The maximum Gasteiger partial charge on any atom is 0.224 e. The third-order valence-electron chi connectivity index (χ3n) is 3.29. The summed E-state index contributed by atoms with van der Waals surface area (Å²) in [5.74, 6) is 1.17. The van der Waals surface area contributed by atoms with E-state index in [1.54, 1.807) is 0 Å². The predicted octanol–water partition coefficient (Wildman–Crippen LogP) is 1.70. The van der Waals surface area contributed by atoms with Crippen molar-refractivity contribution in [3.63, 3.8) is 0 Å². The molecule has 1 heterocycles. The minimum Gasteiger partial charge on any atom is -0.494 e. The Morgan fingerprint density at radius 3 is 2.84 bits per heavy atom. The van der Waals surface area contributed by atoms with Crippen molar-refractivity contribution in [1.29, 1.82) is 0 Å². The Labute approximate surface area is 114 Å². The molecule has 4 nitrogen and oxygen atoms in total. The molecule has 2 N–H and O–H groups in total. The van der Waals surface area contributed by atoms with Gasteiger partial charge >= 0.3 is 0 Å². The first kappa shape index (κ1) is 13.9. The Morgan fingerprint density at radius 2 is 2.21 bits per heavy atom. The van der Waals surface area contributed by atoms with Crippen molar-refractivity contribution in [1.82, 2.24) is 10.6 Å². The molecule has 1 aromatic rings. The molecule has 0 aliphatic carbocycles. The van der Waals surface area contributed by atoms with Gasteiger partial charge in [0.05, 0.1) is 12.5 Å². The molecule has 1 fully saturated rings. The van der Waals surface area contributed by atoms with Crippen LogP contribution >= 0.6 is 0 Å². The molecule has 1 aromatic carbocycles. The highest BCUT2D eigenvalue weighted by atomic mass is 16.5. The quantitative estimate of drug-likeness (QED) is 0.820. The van der Waals surface area contributed by atoms with E-state index in [9.17, 15) is 4.79 Å². The van der Waals surface area contributed by atoms with Crippen LogP contribution in [0.5, 0.6) is 5.75 Å². The smallest absolute Gasteiger partial charge is 0.224 e. The lowest BCUT2D eigenvalue weighted by Gasteiger charge is -2.10. The fourth-order valence-corrected chi connectivity index (χ4v) is 2.14. The topological polar surface area (TPSA) is 50.4 Å². The van der Waals surface area contributed by atoms with Gasteiger partial charge in [-0.25, -0.2) is 0 Å². The van der Waals surface area contributed by atoms with Gasteiger partial charge in [0.15, 0.2) is 0 Å². The van der Waals surface area contributed by atoms with Crippen molar-refractivity contribution in [3.05, 3.63) is 29.8 Å². The van der Waals surface area contributed by atoms with Gasteiger partial charge in [-0.1, -0.05) is 19.1 Å². The summed E-state index contributed by atoms with van der Waals surface area (Å²) in [5.41, 5.74) is 1.10. The summed E-state index contributed by atoms with van der Waals surface area (Å²) in [6.45, 7) is 5.16. The first-order chi connectivity index (χ1) is 9.29. The second-order valence-electron chi connectivity index (χ2n) is 4.90. The second kappa shape index (κ2) is 7.14. The Hall–Kier alpha value is -1.55. The monoisotopic (exact) mass is 262 g/mol. The molecule has 1 amide bonds. The van der Waals surface area contributed by atoms with Crippen LogP contribution in [0, 0.1) is 5.92 Å². The van der Waals surface area contributed by atoms with Crippen LogP contribution in [0.1, 0.15) is 25.3 Å². The van der Waals surface area contributed by atoms with Crippen molar-refractivity contribution >= 4 is 5.91 Å². The standard InChI is InChI=1S/C15H22N2O2/c1-2-9-19-14-5-3-12(4-6-14)10-17-15(18)13-7-8-16-11-13/h3-6,13,16H,2,7-11H2,1H3,(H,17,18). The highest BCUT2D eigenvalue weighted by Crippen LogP contribution is 2.13. The summed E-state index contributed by atoms with van der Waals surface area (Å²) < 4.78 is 5.52. The van der Waals surface area contributed by atoms with Gasteiger partial charge in [0.25, 0.3) is 0 Å². The van der Waals surface area contributed by atoms with Crippen molar-refractivity contribution in [2.24, 2.45) is 5.92 Å². The van der Waals surface area contributed by atoms with Gasteiger partial charge in [-0.2, -0.15) is 0 Å². The molecular formula is C15H22N2O2. The number of amides is 1. The fraction of sp³-hybridized carbons (Fsp3) is 0.533. The number of rotatable bonds is 6. The van der Waals surface area contributed by atoms with Crippen LogP contribution in [-0.2, 0) is 11.3 Å². The number of hydrogen-bond acceptors (Lipinski definition) is 3. The van der Waals surface area contributed by atoms with Crippen molar-refractivity contribution in [3.8, 4) is 5.75 Å². The molecule has 1 atom stereocenters. The second-order valence-corrected chi connectivity index (χ2v) is 4.90. The van der Waals surface area contributed by atoms with E-state index >= 15 is 0 Å². The highest BCUT2D eigenvalue weighted by molar-refractivity contribution is 5.79. The molecule has 1 saturated heterocycles. The zero-order chi connectivity index (χ0) is 13.5. The number of ether oxygens (including phenoxy) is 1. The molecule has 4 heteroatoms. The third kappa shape index (κ3) is 4.24. The normalized spacial score (nSPS) is 18.3. The first-order valence-electron chi connectivity index (χ1n) is 6.99. The largest absolute Gasteiger partial charge is 0.494 e. The lowest BCUT2D eigenvalue weighted by molar-refractivity contribution is -0.124. The van der Waals surface area contributed by atoms with Gasteiger partial charge in [-0.05, 0) is 37.1 Å². The van der Waals surface area contributed by atoms with E-state index in [0.29, 0.717) is 6.54 Å². The van der Waals surface area contributed by atoms with E-state index < -0.39 is 0 Å². The van der Waals surface area contributed by atoms with Crippen molar-refractivity contribution < 1.29 is 9.53 Å². The Morgan fingerprint density at radius 1 is 1.42 bits per heavy atom. The molecule has 0 aromatic heterocycles. The minimum absolute atomic E-state index is 0.132. The Bertz CT molecular complexity index is 397. The average molecular weight is 262 g/mol. The molecule has 0 saturated carbocycles. The van der Waals surface area contributed by atoms with E-state index in [2.05, 4.69) is 17.6 Å². The molecule has 1 aliphatic heterocycles. The summed E-state index contributed by atoms with van der Waals surface area (Å²) in [4.78, 5) is 11.9. The van der Waals surface area contributed by atoms with Crippen LogP contribution < -0.4 is 15.4 Å². The van der Waals surface area contributed by atoms with Gasteiger partial charge < -0.3 is 15.4 Å². The van der Waals surface area contributed by atoms with E-state index in [0.717, 1.165) is 43.9 Å². The number of carbonyl (C=O) groups is 1. The molecule has 0 spiro atoms. The molecule has 0 radical (unpaired) electrons. The van der Waals surface area contributed by atoms with E-state index in [4.69, 9.17) is 4.74 Å². The van der Waals surface area contributed by atoms with Crippen LogP contribution in [0.25, 0.3) is 0 Å². The number of benzene rings is 1. The van der Waals surface area contributed by atoms with Crippen LogP contribution in [0.3, 0.4) is 0 Å². The fourth-order valence-electron chi connectivity index (χ4n) is 2.14. The first-order valence-corrected chi connectivity index (χ1v) is 6.99. The van der Waals surface area contributed by atoms with Crippen LogP contribution in [0.15, 0.2) is 24.3 Å². The molecule has 0 bridgehead atoms. The summed E-state index contributed by atoms with van der Waals surface area (Å²) >= 11 is 0. The van der Waals surface area contributed by atoms with E-state index in [-0.39, 0.29) is 11.8 Å². The maximum atomic E-state index is 11.9. The van der Waals surface area contributed by atoms with Gasteiger partial charge in [0.2, 0.25) is 5.91 Å². The van der Waals surface area contributed by atoms with E-state index in [1.807, 2.05) is 24.3 Å². The molecule has 2 rings (SSSR count). The predicted molar refractivity (Wildman–Crippen MR) is 75.1 cm³/mol. The minimum atomic E-state index is 0.132. The summed E-state index contributed by atoms with van der Waals surface area (Å²) in [5, 5.41) is 6.18. The zero-order valence-electron chi connectivity index (χ0n) is 11.4. The summed E-state index contributed by atoms with van der Waals surface area (Å²) in [7, 11) is 0. The molecule has 1 unspecified atom stereocenters. The zero-order valence-corrected chi connectivity index (χ0v) is 11.4. The molecule has 19 heavy (non-hydrogen) atoms. The SMILES string of the molecule is CCCOc1ccc(CNC(=O)C2CCNC2)cc1. The summed E-state index contributed by atoms with van der Waals surface area (Å²) in [6.07, 6.45) is 1.95. The van der Waals surface area contributed by atoms with E-state index in [1.165, 1.54) is 0 Å². The average Bonchev–Trinajstić information content (AvgIpc) is 2.98.